The average Bonchev–Trinajstić information content (AvgIpc) is 3.26. The lowest BCUT2D eigenvalue weighted by molar-refractivity contribution is -0.118. The number of amides is 1. The molecule has 9 heteroatoms. The first-order chi connectivity index (χ1) is 13.0. The van der Waals surface area contributed by atoms with Gasteiger partial charge < -0.3 is 14.7 Å². The SMILES string of the molecule is CC(C)Cn1c(CCC(N)=O)nnc1SCc1nnc(-c2ccccc2)o1. The first kappa shape index (κ1) is 19.1. The predicted molar refractivity (Wildman–Crippen MR) is 102 cm³/mol. The molecule has 0 saturated heterocycles. The van der Waals surface area contributed by atoms with Crippen molar-refractivity contribution in [2.75, 3.05) is 0 Å². The highest BCUT2D eigenvalue weighted by Crippen LogP contribution is 2.25. The van der Waals surface area contributed by atoms with Crippen LogP contribution in [0.5, 0.6) is 0 Å². The number of rotatable bonds is 9. The normalized spacial score (nSPS) is 11.2. The Bertz CT molecular complexity index is 890. The maximum absolute atomic E-state index is 11.1. The molecule has 0 fully saturated rings. The van der Waals surface area contributed by atoms with Crippen molar-refractivity contribution in [3.8, 4) is 11.5 Å². The molecule has 0 spiro atoms. The quantitative estimate of drug-likeness (QED) is 0.563. The van der Waals surface area contributed by atoms with Gasteiger partial charge in [0.15, 0.2) is 5.16 Å². The number of benzene rings is 1. The van der Waals surface area contributed by atoms with Crippen molar-refractivity contribution in [3.05, 3.63) is 42.0 Å². The molecule has 0 unspecified atom stereocenters. The molecule has 0 saturated carbocycles. The summed E-state index contributed by atoms with van der Waals surface area (Å²) in [7, 11) is 0. The van der Waals surface area contributed by atoms with Crippen LogP contribution in [0.25, 0.3) is 11.5 Å². The van der Waals surface area contributed by atoms with Gasteiger partial charge in [-0.05, 0) is 18.1 Å². The molecule has 0 aliphatic rings. The Morgan fingerprint density at radius 3 is 2.67 bits per heavy atom. The summed E-state index contributed by atoms with van der Waals surface area (Å²) in [5.74, 6) is 2.35. The third kappa shape index (κ3) is 5.16. The number of hydrogen-bond donors (Lipinski definition) is 1. The van der Waals surface area contributed by atoms with E-state index < -0.39 is 0 Å². The second kappa shape index (κ2) is 8.81. The topological polar surface area (TPSA) is 113 Å². The van der Waals surface area contributed by atoms with Crippen LogP contribution < -0.4 is 5.73 Å². The van der Waals surface area contributed by atoms with E-state index in [1.807, 2.05) is 34.9 Å². The Morgan fingerprint density at radius 1 is 1.19 bits per heavy atom. The Labute approximate surface area is 161 Å². The molecule has 0 radical (unpaired) electrons. The maximum Gasteiger partial charge on any atom is 0.247 e. The highest BCUT2D eigenvalue weighted by molar-refractivity contribution is 7.98. The summed E-state index contributed by atoms with van der Waals surface area (Å²) in [5.41, 5.74) is 6.14. The van der Waals surface area contributed by atoms with Gasteiger partial charge in [-0.25, -0.2) is 0 Å². The number of carbonyl (C=O) groups excluding carboxylic acids is 1. The van der Waals surface area contributed by atoms with E-state index in [1.165, 1.54) is 11.8 Å². The van der Waals surface area contributed by atoms with E-state index in [0.29, 0.717) is 29.9 Å². The zero-order valence-corrected chi connectivity index (χ0v) is 16.1. The number of aryl methyl sites for hydroxylation is 1. The van der Waals surface area contributed by atoms with Gasteiger partial charge in [-0.15, -0.1) is 20.4 Å². The van der Waals surface area contributed by atoms with Crippen LogP contribution in [-0.2, 0) is 23.5 Å². The lowest BCUT2D eigenvalue weighted by Crippen LogP contribution is -2.15. The molecule has 3 aromatic rings. The van der Waals surface area contributed by atoms with Crippen LogP contribution in [0.3, 0.4) is 0 Å². The number of thioether (sulfide) groups is 1. The molecule has 1 aromatic carbocycles. The molecule has 27 heavy (non-hydrogen) atoms. The van der Waals surface area contributed by atoms with Gasteiger partial charge in [-0.3, -0.25) is 4.79 Å². The Balaban J connectivity index is 1.70. The van der Waals surface area contributed by atoms with Crippen molar-refractivity contribution in [2.45, 2.75) is 44.1 Å². The van der Waals surface area contributed by atoms with Crippen LogP contribution in [0.4, 0.5) is 0 Å². The largest absolute Gasteiger partial charge is 0.420 e. The average molecular weight is 386 g/mol. The maximum atomic E-state index is 11.1. The minimum atomic E-state index is -0.345. The standard InChI is InChI=1S/C18H22N6O2S/c1-12(2)10-24-15(9-8-14(19)25)20-23-18(24)27-11-16-21-22-17(26-16)13-6-4-3-5-7-13/h3-7,12H,8-11H2,1-2H3,(H2,19,25). The van der Waals surface area contributed by atoms with Crippen molar-refractivity contribution in [1.29, 1.82) is 0 Å². The molecular formula is C18H22N6O2S. The molecule has 0 atom stereocenters. The number of carbonyl (C=O) groups is 1. The molecule has 0 aliphatic heterocycles. The van der Waals surface area contributed by atoms with Crippen molar-refractivity contribution < 1.29 is 9.21 Å². The van der Waals surface area contributed by atoms with Crippen molar-refractivity contribution >= 4 is 17.7 Å². The fourth-order valence-corrected chi connectivity index (χ4v) is 3.33. The Kier molecular flexibility index (Phi) is 6.23. The van der Waals surface area contributed by atoms with E-state index in [-0.39, 0.29) is 12.3 Å². The number of nitrogens with two attached hydrogens (primary N) is 1. The van der Waals surface area contributed by atoms with Crippen LogP contribution in [0.2, 0.25) is 0 Å². The summed E-state index contributed by atoms with van der Waals surface area (Å²) in [4.78, 5) is 11.1. The first-order valence-corrected chi connectivity index (χ1v) is 9.72. The third-order valence-electron chi connectivity index (χ3n) is 3.75. The molecule has 3 rings (SSSR count). The van der Waals surface area contributed by atoms with Crippen LogP contribution in [0.1, 0.15) is 32.0 Å². The Morgan fingerprint density at radius 2 is 1.96 bits per heavy atom. The molecule has 2 heterocycles. The fourth-order valence-electron chi connectivity index (χ4n) is 2.53. The second-order valence-corrected chi connectivity index (χ2v) is 7.47. The minimum absolute atomic E-state index is 0.255. The van der Waals surface area contributed by atoms with E-state index in [2.05, 4.69) is 34.2 Å². The highest BCUT2D eigenvalue weighted by Gasteiger charge is 2.16. The van der Waals surface area contributed by atoms with Gasteiger partial charge in [0.1, 0.15) is 5.82 Å². The van der Waals surface area contributed by atoms with Gasteiger partial charge in [0, 0.05) is 24.9 Å². The molecule has 142 valence electrons. The van der Waals surface area contributed by atoms with Crippen molar-refractivity contribution in [2.24, 2.45) is 11.7 Å². The van der Waals surface area contributed by atoms with Gasteiger partial charge >= 0.3 is 0 Å². The van der Waals surface area contributed by atoms with Gasteiger partial charge in [-0.1, -0.05) is 43.8 Å². The monoisotopic (exact) mass is 386 g/mol. The molecule has 0 bridgehead atoms. The van der Waals surface area contributed by atoms with E-state index in [9.17, 15) is 4.79 Å². The minimum Gasteiger partial charge on any atom is -0.420 e. The highest BCUT2D eigenvalue weighted by atomic mass is 32.2. The van der Waals surface area contributed by atoms with E-state index in [1.54, 1.807) is 0 Å². The van der Waals surface area contributed by atoms with Crippen LogP contribution in [0, 0.1) is 5.92 Å². The van der Waals surface area contributed by atoms with Crippen LogP contribution in [0.15, 0.2) is 39.9 Å². The van der Waals surface area contributed by atoms with E-state index in [0.717, 1.165) is 23.1 Å². The third-order valence-corrected chi connectivity index (χ3v) is 4.70. The van der Waals surface area contributed by atoms with Gasteiger partial charge in [0.2, 0.25) is 17.7 Å². The molecule has 8 nitrogen and oxygen atoms in total. The number of hydrogen-bond acceptors (Lipinski definition) is 7. The summed E-state index contributed by atoms with van der Waals surface area (Å²) >= 11 is 1.48. The summed E-state index contributed by atoms with van der Waals surface area (Å²) in [5, 5.41) is 17.5. The summed E-state index contributed by atoms with van der Waals surface area (Å²) in [6, 6.07) is 9.64. The number of primary amides is 1. The van der Waals surface area contributed by atoms with Crippen molar-refractivity contribution in [1.82, 2.24) is 25.0 Å². The molecule has 2 aromatic heterocycles. The smallest absolute Gasteiger partial charge is 0.247 e. The van der Waals surface area contributed by atoms with Gasteiger partial charge in [0.05, 0.1) is 5.75 Å². The second-order valence-electron chi connectivity index (χ2n) is 6.53. The van der Waals surface area contributed by atoms with Gasteiger partial charge in [-0.2, -0.15) is 0 Å². The zero-order chi connectivity index (χ0) is 19.2. The van der Waals surface area contributed by atoms with E-state index >= 15 is 0 Å². The lowest BCUT2D eigenvalue weighted by atomic mass is 10.2. The molecule has 1 amide bonds. The summed E-state index contributed by atoms with van der Waals surface area (Å²) in [6.45, 7) is 5.01. The molecular weight excluding hydrogens is 364 g/mol. The van der Waals surface area contributed by atoms with Gasteiger partial charge in [0.25, 0.3) is 0 Å². The fraction of sp³-hybridized carbons (Fsp3) is 0.389. The summed E-state index contributed by atoms with van der Waals surface area (Å²) in [6.07, 6.45) is 0.735. The Hall–Kier alpha value is -2.68. The molecule has 0 aliphatic carbocycles. The number of nitrogens with zero attached hydrogens (tertiary/aromatic N) is 5. The summed E-state index contributed by atoms with van der Waals surface area (Å²) < 4.78 is 7.77. The van der Waals surface area contributed by atoms with Crippen LogP contribution in [-0.4, -0.2) is 30.9 Å². The zero-order valence-electron chi connectivity index (χ0n) is 15.3. The van der Waals surface area contributed by atoms with Crippen molar-refractivity contribution in [3.63, 3.8) is 0 Å². The predicted octanol–water partition coefficient (Wildman–Crippen LogP) is 2.69. The van der Waals surface area contributed by atoms with E-state index in [4.69, 9.17) is 10.2 Å². The van der Waals surface area contributed by atoms with Crippen LogP contribution >= 0.6 is 11.8 Å². The number of aromatic nitrogens is 5. The first-order valence-electron chi connectivity index (χ1n) is 8.74. The lowest BCUT2D eigenvalue weighted by Gasteiger charge is -2.11. The molecule has 2 N–H and O–H groups in total.